The third-order valence-corrected chi connectivity index (χ3v) is 5.20. The molecule has 2 fully saturated rings. The first-order chi connectivity index (χ1) is 10.7. The summed E-state index contributed by atoms with van der Waals surface area (Å²) in [4.78, 5) is 12.3. The number of carbonyl (C=O) groups excluding carboxylic acids is 1. The lowest BCUT2D eigenvalue weighted by Gasteiger charge is -2.38. The first-order valence-electron chi connectivity index (χ1n) is 8.05. The van der Waals surface area contributed by atoms with E-state index in [1.807, 2.05) is 18.2 Å². The second-order valence-corrected chi connectivity index (χ2v) is 6.65. The predicted molar refractivity (Wildman–Crippen MR) is 87.2 cm³/mol. The Morgan fingerprint density at radius 1 is 1.36 bits per heavy atom. The van der Waals surface area contributed by atoms with Crippen LogP contribution in [0.15, 0.2) is 24.3 Å². The summed E-state index contributed by atoms with van der Waals surface area (Å²) < 4.78 is 5.52. The van der Waals surface area contributed by atoms with Gasteiger partial charge in [-0.2, -0.15) is 0 Å². The molecule has 0 aliphatic carbocycles. The van der Waals surface area contributed by atoms with Gasteiger partial charge in [0.25, 0.3) is 0 Å². The quantitative estimate of drug-likeness (QED) is 0.894. The number of hydrogen-bond donors (Lipinski definition) is 2. The highest BCUT2D eigenvalue weighted by Crippen LogP contribution is 2.38. The van der Waals surface area contributed by atoms with E-state index in [0.717, 1.165) is 42.8 Å². The largest absolute Gasteiger partial charge is 0.381 e. The molecule has 22 heavy (non-hydrogen) atoms. The summed E-state index contributed by atoms with van der Waals surface area (Å²) in [5, 5.41) is 7.17. The van der Waals surface area contributed by atoms with Gasteiger partial charge in [-0.05, 0) is 43.9 Å². The minimum Gasteiger partial charge on any atom is -0.381 e. The van der Waals surface area contributed by atoms with E-state index in [1.165, 1.54) is 0 Å². The van der Waals surface area contributed by atoms with Crippen molar-refractivity contribution in [3.05, 3.63) is 34.9 Å². The van der Waals surface area contributed by atoms with Crippen molar-refractivity contribution in [2.45, 2.75) is 37.1 Å². The first-order valence-corrected chi connectivity index (χ1v) is 8.43. The minimum absolute atomic E-state index is 0.0388. The molecule has 2 aliphatic rings. The van der Waals surface area contributed by atoms with Gasteiger partial charge in [-0.15, -0.1) is 0 Å². The van der Waals surface area contributed by atoms with Gasteiger partial charge in [-0.3, -0.25) is 4.79 Å². The number of ether oxygens (including phenoxy) is 1. The molecule has 1 atom stereocenters. The van der Waals surface area contributed by atoms with E-state index in [0.29, 0.717) is 19.8 Å². The Morgan fingerprint density at radius 2 is 2.14 bits per heavy atom. The molecule has 0 bridgehead atoms. The summed E-state index contributed by atoms with van der Waals surface area (Å²) in [5.41, 5.74) is 1.00. The van der Waals surface area contributed by atoms with E-state index >= 15 is 0 Å². The maximum Gasteiger partial charge on any atom is 0.237 e. The van der Waals surface area contributed by atoms with Crippen molar-refractivity contribution in [1.82, 2.24) is 10.6 Å². The highest BCUT2D eigenvalue weighted by Gasteiger charge is 2.37. The van der Waals surface area contributed by atoms with E-state index in [-0.39, 0.29) is 17.4 Å². The van der Waals surface area contributed by atoms with Crippen LogP contribution in [0.5, 0.6) is 0 Å². The molecule has 2 heterocycles. The Labute approximate surface area is 136 Å². The molecule has 5 heteroatoms. The second-order valence-electron chi connectivity index (χ2n) is 6.24. The van der Waals surface area contributed by atoms with Crippen LogP contribution in [0.25, 0.3) is 0 Å². The zero-order valence-electron chi connectivity index (χ0n) is 12.7. The molecule has 2 N–H and O–H groups in total. The van der Waals surface area contributed by atoms with Crippen LogP contribution in [0.2, 0.25) is 5.02 Å². The molecule has 0 radical (unpaired) electrons. The molecule has 2 saturated heterocycles. The zero-order valence-corrected chi connectivity index (χ0v) is 13.5. The second kappa shape index (κ2) is 6.99. The van der Waals surface area contributed by atoms with E-state index in [2.05, 4.69) is 16.7 Å². The normalized spacial score (nSPS) is 24.1. The molecule has 4 nitrogen and oxygen atoms in total. The van der Waals surface area contributed by atoms with Gasteiger partial charge in [-0.25, -0.2) is 0 Å². The van der Waals surface area contributed by atoms with Crippen LogP contribution in [0.4, 0.5) is 0 Å². The topological polar surface area (TPSA) is 50.4 Å². The van der Waals surface area contributed by atoms with Crippen molar-refractivity contribution in [1.29, 1.82) is 0 Å². The molecule has 2 aliphatic heterocycles. The number of rotatable bonds is 4. The molecule has 0 aromatic heterocycles. The molecular weight excluding hydrogens is 300 g/mol. The summed E-state index contributed by atoms with van der Waals surface area (Å²) in [5.74, 6) is 0.107. The van der Waals surface area contributed by atoms with Crippen molar-refractivity contribution in [3.63, 3.8) is 0 Å². The molecular formula is C17H23ClN2O2. The number of amides is 1. The SMILES string of the molecule is O=C(NCC1(c2ccccc2Cl)CCOCC1)C1CCCN1. The summed E-state index contributed by atoms with van der Waals surface area (Å²) in [6.07, 6.45) is 3.76. The maximum absolute atomic E-state index is 12.3. The molecule has 1 unspecified atom stereocenters. The minimum atomic E-state index is -0.120. The number of halogens is 1. The van der Waals surface area contributed by atoms with Crippen LogP contribution in [0, 0.1) is 0 Å². The Hall–Kier alpha value is -1.10. The fraction of sp³-hybridized carbons (Fsp3) is 0.588. The lowest BCUT2D eigenvalue weighted by molar-refractivity contribution is -0.123. The first kappa shape index (κ1) is 15.8. The average molecular weight is 323 g/mol. The van der Waals surface area contributed by atoms with Crippen molar-refractivity contribution < 1.29 is 9.53 Å². The zero-order chi connectivity index (χ0) is 15.4. The summed E-state index contributed by atoms with van der Waals surface area (Å²) in [6.45, 7) is 2.98. The van der Waals surface area contributed by atoms with Crippen molar-refractivity contribution in [3.8, 4) is 0 Å². The maximum atomic E-state index is 12.3. The fourth-order valence-corrected chi connectivity index (χ4v) is 3.82. The van der Waals surface area contributed by atoms with E-state index < -0.39 is 0 Å². The van der Waals surface area contributed by atoms with E-state index in [9.17, 15) is 4.79 Å². The number of benzene rings is 1. The van der Waals surface area contributed by atoms with Gasteiger partial charge in [0, 0.05) is 30.2 Å². The van der Waals surface area contributed by atoms with Crippen molar-refractivity contribution in [2.75, 3.05) is 26.3 Å². The number of carbonyl (C=O) groups is 1. The third-order valence-electron chi connectivity index (χ3n) is 4.87. The van der Waals surface area contributed by atoms with Crippen molar-refractivity contribution in [2.24, 2.45) is 0 Å². The molecule has 1 amide bonds. The van der Waals surface area contributed by atoms with Gasteiger partial charge in [0.2, 0.25) is 5.91 Å². The Bertz CT molecular complexity index is 523. The number of hydrogen-bond acceptors (Lipinski definition) is 3. The molecule has 0 saturated carbocycles. The van der Waals surface area contributed by atoms with E-state index in [4.69, 9.17) is 16.3 Å². The molecule has 1 aromatic carbocycles. The molecule has 0 spiro atoms. The van der Waals surface area contributed by atoms with Crippen LogP contribution in [-0.4, -0.2) is 38.3 Å². The lowest BCUT2D eigenvalue weighted by atomic mass is 9.74. The average Bonchev–Trinajstić information content (AvgIpc) is 3.08. The summed E-state index contributed by atoms with van der Waals surface area (Å²) in [6, 6.07) is 7.92. The summed E-state index contributed by atoms with van der Waals surface area (Å²) >= 11 is 6.42. The molecule has 120 valence electrons. The van der Waals surface area contributed by atoms with Crippen LogP contribution < -0.4 is 10.6 Å². The van der Waals surface area contributed by atoms with Gasteiger partial charge in [-0.1, -0.05) is 29.8 Å². The van der Waals surface area contributed by atoms with Gasteiger partial charge < -0.3 is 15.4 Å². The molecule has 1 aromatic rings. The van der Waals surface area contributed by atoms with Gasteiger partial charge >= 0.3 is 0 Å². The highest BCUT2D eigenvalue weighted by molar-refractivity contribution is 6.31. The third kappa shape index (κ3) is 3.29. The molecule has 3 rings (SSSR count). The Balaban J connectivity index is 1.75. The van der Waals surface area contributed by atoms with Crippen molar-refractivity contribution >= 4 is 17.5 Å². The van der Waals surface area contributed by atoms with Gasteiger partial charge in [0.15, 0.2) is 0 Å². The lowest BCUT2D eigenvalue weighted by Crippen LogP contribution is -2.48. The van der Waals surface area contributed by atoms with E-state index in [1.54, 1.807) is 0 Å². The van der Waals surface area contributed by atoms with Gasteiger partial charge in [0.05, 0.1) is 6.04 Å². The Kier molecular flexibility index (Phi) is 5.01. The van der Waals surface area contributed by atoms with Gasteiger partial charge in [0.1, 0.15) is 0 Å². The van der Waals surface area contributed by atoms with Crippen LogP contribution >= 0.6 is 11.6 Å². The summed E-state index contributed by atoms with van der Waals surface area (Å²) in [7, 11) is 0. The standard InChI is InChI=1S/C17H23ClN2O2/c18-14-5-2-1-4-13(14)17(7-10-22-11-8-17)12-20-16(21)15-6-3-9-19-15/h1-2,4-5,15,19H,3,6-12H2,(H,20,21). The highest BCUT2D eigenvalue weighted by atomic mass is 35.5. The monoisotopic (exact) mass is 322 g/mol. The predicted octanol–water partition coefficient (Wildman–Crippen LogP) is 2.26. The number of nitrogens with one attached hydrogen (secondary N) is 2. The Morgan fingerprint density at radius 3 is 2.82 bits per heavy atom. The smallest absolute Gasteiger partial charge is 0.237 e. The fourth-order valence-electron chi connectivity index (χ4n) is 3.48. The van der Waals surface area contributed by atoms with Crippen LogP contribution in [0.1, 0.15) is 31.2 Å². The van der Waals surface area contributed by atoms with Crippen LogP contribution in [0.3, 0.4) is 0 Å². The van der Waals surface area contributed by atoms with Crippen LogP contribution in [-0.2, 0) is 14.9 Å².